The van der Waals surface area contributed by atoms with Crippen LogP contribution in [0, 0.1) is 18.6 Å². The van der Waals surface area contributed by atoms with Gasteiger partial charge in [-0.25, -0.2) is 8.78 Å². The molecule has 2 heterocycles. The summed E-state index contributed by atoms with van der Waals surface area (Å²) in [4.78, 5) is 43.2. The fraction of sp³-hybridized carbons (Fsp3) is 0.200. The van der Waals surface area contributed by atoms with Crippen molar-refractivity contribution in [3.8, 4) is 11.1 Å². The minimum Gasteiger partial charge on any atom is -0.355 e. The van der Waals surface area contributed by atoms with Crippen LogP contribution >= 0.6 is 0 Å². The number of carbonyl (C=O) groups is 3. The largest absolute Gasteiger partial charge is 0.355 e. The van der Waals surface area contributed by atoms with Crippen LogP contribution in [-0.2, 0) is 17.8 Å². The van der Waals surface area contributed by atoms with Gasteiger partial charge in [0.1, 0.15) is 11.6 Å². The molecule has 0 aliphatic carbocycles. The SMILES string of the molecule is CNC(=O)c1cccc(-c2cccnc2[C@@H](CC(=O)Cn2c(C)c(C(C)=O)c3ccccc32)Cc2cc(F)cc(F)c2)c1. The standard InChI is InChI=1S/C35H31F2N3O3/c1-21-33(22(2)41)31-10-4-5-12-32(31)40(21)20-29(42)18-26(14-23-15-27(36)19-28(37)16-23)34-30(11-7-13-39-34)24-8-6-9-25(17-24)35(43)38-3/h4-13,15-17,19,26H,14,18,20H2,1-3H3,(H,38,43)/t26-/m1/s1. The molecule has 1 amide bonds. The number of aromatic nitrogens is 2. The van der Waals surface area contributed by atoms with Crippen LogP contribution in [0.3, 0.4) is 0 Å². The van der Waals surface area contributed by atoms with Crippen molar-refractivity contribution in [1.29, 1.82) is 0 Å². The van der Waals surface area contributed by atoms with E-state index in [2.05, 4.69) is 10.3 Å². The number of nitrogens with one attached hydrogen (secondary N) is 1. The van der Waals surface area contributed by atoms with E-state index < -0.39 is 17.6 Å². The van der Waals surface area contributed by atoms with Crippen molar-refractivity contribution in [2.24, 2.45) is 0 Å². The van der Waals surface area contributed by atoms with Crippen LogP contribution in [0.2, 0.25) is 0 Å². The molecule has 6 nitrogen and oxygen atoms in total. The first-order valence-electron chi connectivity index (χ1n) is 14.0. The Bertz CT molecular complexity index is 1840. The summed E-state index contributed by atoms with van der Waals surface area (Å²) in [5.41, 5.74) is 4.95. The highest BCUT2D eigenvalue weighted by atomic mass is 19.1. The lowest BCUT2D eigenvalue weighted by Crippen LogP contribution is -2.18. The average molecular weight is 580 g/mol. The summed E-state index contributed by atoms with van der Waals surface area (Å²) in [6.07, 6.45) is 1.80. The van der Waals surface area contributed by atoms with Crippen LogP contribution < -0.4 is 5.32 Å². The Labute approximate surface area is 248 Å². The minimum absolute atomic E-state index is 0.0158. The lowest BCUT2D eigenvalue weighted by atomic mass is 9.86. The lowest BCUT2D eigenvalue weighted by molar-refractivity contribution is -0.120. The van der Waals surface area contributed by atoms with Gasteiger partial charge in [0.05, 0.1) is 12.2 Å². The third-order valence-corrected chi connectivity index (χ3v) is 7.68. The van der Waals surface area contributed by atoms with E-state index in [1.54, 1.807) is 37.5 Å². The van der Waals surface area contributed by atoms with Gasteiger partial charge in [0.25, 0.3) is 5.91 Å². The van der Waals surface area contributed by atoms with Crippen LogP contribution in [0.4, 0.5) is 8.78 Å². The Balaban J connectivity index is 1.55. The zero-order valence-corrected chi connectivity index (χ0v) is 24.2. The maximum atomic E-state index is 14.2. The fourth-order valence-electron chi connectivity index (χ4n) is 5.83. The molecule has 218 valence electrons. The van der Waals surface area contributed by atoms with Gasteiger partial charge in [-0.1, -0.05) is 36.4 Å². The third-order valence-electron chi connectivity index (χ3n) is 7.68. The Morgan fingerprint density at radius 2 is 1.67 bits per heavy atom. The molecule has 0 radical (unpaired) electrons. The molecule has 3 aromatic carbocycles. The van der Waals surface area contributed by atoms with Gasteiger partial charge in [-0.05, 0) is 67.8 Å². The molecule has 0 saturated heterocycles. The molecule has 0 unspecified atom stereocenters. The molecule has 0 bridgehead atoms. The molecule has 0 aliphatic heterocycles. The van der Waals surface area contributed by atoms with Crippen molar-refractivity contribution in [3.63, 3.8) is 0 Å². The van der Waals surface area contributed by atoms with Crippen molar-refractivity contribution in [2.45, 2.75) is 39.2 Å². The van der Waals surface area contributed by atoms with Crippen LogP contribution in [0.25, 0.3) is 22.0 Å². The Morgan fingerprint density at radius 3 is 2.40 bits per heavy atom. The first-order chi connectivity index (χ1) is 20.7. The molecule has 5 rings (SSSR count). The second-order valence-electron chi connectivity index (χ2n) is 10.6. The lowest BCUT2D eigenvalue weighted by Gasteiger charge is -2.20. The van der Waals surface area contributed by atoms with Gasteiger partial charge >= 0.3 is 0 Å². The monoisotopic (exact) mass is 579 g/mol. The van der Waals surface area contributed by atoms with Crippen molar-refractivity contribution in [1.82, 2.24) is 14.9 Å². The van der Waals surface area contributed by atoms with E-state index >= 15 is 0 Å². The maximum absolute atomic E-state index is 14.2. The molecule has 1 N–H and O–H groups in total. The second-order valence-corrected chi connectivity index (χ2v) is 10.6. The van der Waals surface area contributed by atoms with Gasteiger partial charge in [0.2, 0.25) is 0 Å². The van der Waals surface area contributed by atoms with Gasteiger partial charge in [-0.2, -0.15) is 0 Å². The molecule has 2 aromatic heterocycles. The summed E-state index contributed by atoms with van der Waals surface area (Å²) in [5.74, 6) is -2.40. The minimum atomic E-state index is -0.703. The molecule has 43 heavy (non-hydrogen) atoms. The fourth-order valence-corrected chi connectivity index (χ4v) is 5.83. The van der Waals surface area contributed by atoms with Crippen molar-refractivity contribution >= 4 is 28.4 Å². The van der Waals surface area contributed by atoms with E-state index in [1.165, 1.54) is 19.1 Å². The number of hydrogen-bond acceptors (Lipinski definition) is 4. The van der Waals surface area contributed by atoms with E-state index in [0.29, 0.717) is 33.6 Å². The Hall–Kier alpha value is -4.98. The first kappa shape index (κ1) is 29.5. The smallest absolute Gasteiger partial charge is 0.251 e. The van der Waals surface area contributed by atoms with E-state index in [-0.39, 0.29) is 36.9 Å². The number of hydrogen-bond donors (Lipinski definition) is 1. The highest BCUT2D eigenvalue weighted by Crippen LogP contribution is 2.34. The summed E-state index contributed by atoms with van der Waals surface area (Å²) in [6.45, 7) is 3.35. The zero-order chi connectivity index (χ0) is 30.7. The van der Waals surface area contributed by atoms with Gasteiger partial charge in [0.15, 0.2) is 11.6 Å². The first-order valence-corrected chi connectivity index (χ1v) is 14.0. The van der Waals surface area contributed by atoms with Crippen LogP contribution in [-0.4, -0.2) is 34.1 Å². The summed E-state index contributed by atoms with van der Waals surface area (Å²) < 4.78 is 30.2. The number of pyridine rings is 1. The van der Waals surface area contributed by atoms with E-state index in [4.69, 9.17) is 0 Å². The van der Waals surface area contributed by atoms with Crippen LogP contribution in [0.1, 0.15) is 56.9 Å². The van der Waals surface area contributed by atoms with Gasteiger partial charge in [-0.15, -0.1) is 0 Å². The third kappa shape index (κ3) is 6.28. The van der Waals surface area contributed by atoms with Crippen molar-refractivity contribution in [2.75, 3.05) is 7.05 Å². The van der Waals surface area contributed by atoms with E-state index in [0.717, 1.165) is 22.5 Å². The molecule has 0 fully saturated rings. The average Bonchev–Trinajstić information content (AvgIpc) is 3.26. The number of carbonyl (C=O) groups excluding carboxylic acids is 3. The maximum Gasteiger partial charge on any atom is 0.251 e. The van der Waals surface area contributed by atoms with Gasteiger partial charge < -0.3 is 9.88 Å². The molecule has 0 aliphatic rings. The highest BCUT2D eigenvalue weighted by Gasteiger charge is 2.25. The van der Waals surface area contributed by atoms with Gasteiger partial charge in [0, 0.05) is 64.9 Å². The molecular formula is C35H31F2N3O3. The molecular weight excluding hydrogens is 548 g/mol. The number of Topliss-reactive ketones (excluding diaryl/α,β-unsaturated/α-hetero) is 2. The second kappa shape index (κ2) is 12.5. The number of halogens is 2. The molecule has 0 spiro atoms. The number of benzene rings is 3. The van der Waals surface area contributed by atoms with E-state index in [9.17, 15) is 23.2 Å². The quantitative estimate of drug-likeness (QED) is 0.184. The highest BCUT2D eigenvalue weighted by molar-refractivity contribution is 6.08. The summed E-state index contributed by atoms with van der Waals surface area (Å²) in [7, 11) is 1.55. The van der Waals surface area contributed by atoms with E-state index in [1.807, 2.05) is 47.9 Å². The number of amides is 1. The van der Waals surface area contributed by atoms with Crippen molar-refractivity contribution < 1.29 is 23.2 Å². The number of ketones is 2. The number of fused-ring (bicyclic) bond motifs is 1. The predicted octanol–water partition coefficient (Wildman–Crippen LogP) is 6.84. The number of para-hydroxylation sites is 1. The van der Waals surface area contributed by atoms with Crippen molar-refractivity contribution in [3.05, 3.63) is 125 Å². The Morgan fingerprint density at radius 1 is 0.930 bits per heavy atom. The molecule has 0 saturated carbocycles. The zero-order valence-electron chi connectivity index (χ0n) is 24.2. The number of nitrogens with zero attached hydrogens (tertiary/aromatic N) is 2. The Kier molecular flexibility index (Phi) is 8.57. The molecule has 1 atom stereocenters. The molecule has 8 heteroatoms. The predicted molar refractivity (Wildman–Crippen MR) is 162 cm³/mol. The summed E-state index contributed by atoms with van der Waals surface area (Å²) in [6, 6.07) is 21.5. The van der Waals surface area contributed by atoms with Crippen LogP contribution in [0.15, 0.2) is 85.1 Å². The van der Waals surface area contributed by atoms with Gasteiger partial charge in [-0.3, -0.25) is 19.4 Å². The number of rotatable bonds is 10. The topological polar surface area (TPSA) is 81.1 Å². The molecule has 5 aromatic rings. The summed E-state index contributed by atoms with van der Waals surface area (Å²) in [5, 5.41) is 3.41. The van der Waals surface area contributed by atoms with Crippen LogP contribution in [0.5, 0.6) is 0 Å². The normalized spacial score (nSPS) is 11.8. The summed E-state index contributed by atoms with van der Waals surface area (Å²) >= 11 is 0.